The number of halogens is 1. The number of anilines is 1. The van der Waals surface area contributed by atoms with Gasteiger partial charge in [0.1, 0.15) is 5.82 Å². The predicted molar refractivity (Wildman–Crippen MR) is 83.6 cm³/mol. The Morgan fingerprint density at radius 3 is 2.70 bits per heavy atom. The van der Waals surface area contributed by atoms with Gasteiger partial charge in [-0.2, -0.15) is 0 Å². The summed E-state index contributed by atoms with van der Waals surface area (Å²) in [6, 6.07) is 6.37. The number of benzene rings is 1. The summed E-state index contributed by atoms with van der Waals surface area (Å²) in [7, 11) is 0. The molecule has 1 aliphatic heterocycles. The highest BCUT2D eigenvalue weighted by atomic mass is 19.1. The van der Waals surface area contributed by atoms with Crippen LogP contribution in [0.25, 0.3) is 0 Å². The van der Waals surface area contributed by atoms with Gasteiger partial charge < -0.3 is 10.2 Å². The summed E-state index contributed by atoms with van der Waals surface area (Å²) in [6.07, 6.45) is 2.42. The fourth-order valence-corrected chi connectivity index (χ4v) is 3.08. The van der Waals surface area contributed by atoms with Crippen LogP contribution in [0.2, 0.25) is 0 Å². The van der Waals surface area contributed by atoms with E-state index in [1.165, 1.54) is 12.8 Å². The molecule has 0 aromatic heterocycles. The Bertz CT molecular complexity index is 443. The van der Waals surface area contributed by atoms with Crippen molar-refractivity contribution in [2.45, 2.75) is 59.2 Å². The van der Waals surface area contributed by atoms with E-state index in [1.54, 1.807) is 6.07 Å². The molecular weight excluding hydrogens is 251 g/mol. The topological polar surface area (TPSA) is 15.3 Å². The molecule has 0 saturated carbocycles. The number of nitrogens with one attached hydrogen (secondary N) is 1. The lowest BCUT2D eigenvalue weighted by molar-refractivity contribution is 0.488. The van der Waals surface area contributed by atoms with Crippen LogP contribution in [-0.4, -0.2) is 18.6 Å². The van der Waals surface area contributed by atoms with Gasteiger partial charge in [-0.3, -0.25) is 0 Å². The number of hydrogen-bond donors (Lipinski definition) is 1. The maximum atomic E-state index is 14.2. The molecule has 0 aliphatic carbocycles. The van der Waals surface area contributed by atoms with Gasteiger partial charge in [-0.25, -0.2) is 4.39 Å². The molecule has 1 aliphatic rings. The van der Waals surface area contributed by atoms with Crippen LogP contribution in [0.5, 0.6) is 0 Å². The lowest BCUT2D eigenvalue weighted by Crippen LogP contribution is -2.35. The number of rotatable bonds is 5. The Morgan fingerprint density at radius 1 is 1.30 bits per heavy atom. The molecule has 1 atom stereocenters. The van der Waals surface area contributed by atoms with Gasteiger partial charge in [0, 0.05) is 36.4 Å². The molecular formula is C17H27FN2. The van der Waals surface area contributed by atoms with Gasteiger partial charge in [-0.1, -0.05) is 33.8 Å². The zero-order chi connectivity index (χ0) is 14.7. The van der Waals surface area contributed by atoms with E-state index in [1.807, 2.05) is 6.07 Å². The molecule has 2 rings (SSSR count). The van der Waals surface area contributed by atoms with E-state index in [9.17, 15) is 4.39 Å². The highest BCUT2D eigenvalue weighted by Crippen LogP contribution is 2.33. The molecule has 1 aromatic rings. The molecule has 1 aromatic carbocycles. The summed E-state index contributed by atoms with van der Waals surface area (Å²) < 4.78 is 14.2. The largest absolute Gasteiger partial charge is 0.368 e. The molecule has 2 nitrogen and oxygen atoms in total. The maximum Gasteiger partial charge on any atom is 0.129 e. The lowest BCUT2D eigenvalue weighted by Gasteiger charge is -2.31. The monoisotopic (exact) mass is 278 g/mol. The van der Waals surface area contributed by atoms with E-state index in [0.717, 1.165) is 17.8 Å². The molecule has 0 spiro atoms. The molecule has 0 bridgehead atoms. The van der Waals surface area contributed by atoms with Crippen molar-refractivity contribution < 1.29 is 4.39 Å². The minimum atomic E-state index is -0.0925. The minimum absolute atomic E-state index is 0.0925. The molecule has 3 heteroatoms. The molecule has 112 valence electrons. The van der Waals surface area contributed by atoms with Crippen LogP contribution < -0.4 is 10.2 Å². The first-order valence-corrected chi connectivity index (χ1v) is 7.78. The zero-order valence-corrected chi connectivity index (χ0v) is 13.1. The highest BCUT2D eigenvalue weighted by molar-refractivity contribution is 5.56. The molecule has 1 saturated heterocycles. The summed E-state index contributed by atoms with van der Waals surface area (Å²) in [5, 5.41) is 3.34. The van der Waals surface area contributed by atoms with E-state index < -0.39 is 0 Å². The van der Waals surface area contributed by atoms with Crippen LogP contribution in [0, 0.1) is 11.7 Å². The van der Waals surface area contributed by atoms with Crippen molar-refractivity contribution in [3.8, 4) is 0 Å². The molecule has 1 fully saturated rings. The van der Waals surface area contributed by atoms with Crippen molar-refractivity contribution in [2.24, 2.45) is 5.92 Å². The fourth-order valence-electron chi connectivity index (χ4n) is 3.08. The predicted octanol–water partition coefficient (Wildman–Crippen LogP) is 3.95. The van der Waals surface area contributed by atoms with Crippen LogP contribution in [0.15, 0.2) is 18.2 Å². The highest BCUT2D eigenvalue weighted by Gasteiger charge is 2.29. The molecule has 1 heterocycles. The molecule has 20 heavy (non-hydrogen) atoms. The summed E-state index contributed by atoms with van der Waals surface area (Å²) in [6.45, 7) is 10.3. The average Bonchev–Trinajstić information content (AvgIpc) is 2.86. The summed E-state index contributed by atoms with van der Waals surface area (Å²) in [4.78, 5) is 2.41. The number of hydrogen-bond acceptors (Lipinski definition) is 2. The van der Waals surface area contributed by atoms with Crippen LogP contribution in [-0.2, 0) is 6.54 Å². The van der Waals surface area contributed by atoms with Crippen molar-refractivity contribution >= 4 is 5.69 Å². The SMILES string of the molecule is CC(C)NCc1c(F)cccc1N1CCCC1C(C)C. The zero-order valence-electron chi connectivity index (χ0n) is 13.1. The first-order valence-electron chi connectivity index (χ1n) is 7.78. The van der Waals surface area contributed by atoms with Crippen LogP contribution in [0.4, 0.5) is 10.1 Å². The van der Waals surface area contributed by atoms with Crippen LogP contribution in [0.1, 0.15) is 46.1 Å². The first-order chi connectivity index (χ1) is 9.50. The van der Waals surface area contributed by atoms with Crippen molar-refractivity contribution in [3.63, 3.8) is 0 Å². The quantitative estimate of drug-likeness (QED) is 0.877. The first kappa shape index (κ1) is 15.3. The third-order valence-corrected chi connectivity index (χ3v) is 4.16. The Morgan fingerprint density at radius 2 is 2.05 bits per heavy atom. The third-order valence-electron chi connectivity index (χ3n) is 4.16. The summed E-state index contributed by atoms with van der Waals surface area (Å²) >= 11 is 0. The van der Waals surface area contributed by atoms with Crippen LogP contribution >= 0.6 is 0 Å². The standard InChI is InChI=1S/C17H27FN2/c1-12(2)16-9-6-10-20(16)17-8-5-7-15(18)14(17)11-19-13(3)4/h5,7-8,12-13,16,19H,6,9-11H2,1-4H3. The van der Waals surface area contributed by atoms with Gasteiger partial charge in [-0.05, 0) is 30.9 Å². The van der Waals surface area contributed by atoms with Gasteiger partial charge in [-0.15, -0.1) is 0 Å². The Balaban J connectivity index is 2.28. The number of nitrogens with zero attached hydrogens (tertiary/aromatic N) is 1. The van der Waals surface area contributed by atoms with Gasteiger partial charge >= 0.3 is 0 Å². The Labute approximate surface area is 122 Å². The molecule has 1 unspecified atom stereocenters. The van der Waals surface area contributed by atoms with Gasteiger partial charge in [0.2, 0.25) is 0 Å². The van der Waals surface area contributed by atoms with Crippen molar-refractivity contribution in [3.05, 3.63) is 29.6 Å². The second kappa shape index (κ2) is 6.57. The van der Waals surface area contributed by atoms with Gasteiger partial charge in [0.05, 0.1) is 0 Å². The van der Waals surface area contributed by atoms with E-state index in [-0.39, 0.29) is 5.82 Å². The van der Waals surface area contributed by atoms with Crippen molar-refractivity contribution in [1.82, 2.24) is 5.32 Å². The third kappa shape index (κ3) is 3.32. The van der Waals surface area contributed by atoms with E-state index >= 15 is 0 Å². The van der Waals surface area contributed by atoms with Crippen molar-refractivity contribution in [2.75, 3.05) is 11.4 Å². The molecule has 1 N–H and O–H groups in total. The maximum absolute atomic E-state index is 14.2. The van der Waals surface area contributed by atoms with Crippen molar-refractivity contribution in [1.29, 1.82) is 0 Å². The minimum Gasteiger partial charge on any atom is -0.368 e. The second-order valence-corrected chi connectivity index (χ2v) is 6.42. The molecule has 0 amide bonds. The van der Waals surface area contributed by atoms with Gasteiger partial charge in [0.15, 0.2) is 0 Å². The summed E-state index contributed by atoms with van der Waals surface area (Å²) in [5.41, 5.74) is 1.89. The second-order valence-electron chi connectivity index (χ2n) is 6.42. The Hall–Kier alpha value is -1.09. The Kier molecular flexibility index (Phi) is 5.03. The normalized spacial score (nSPS) is 19.4. The average molecular weight is 278 g/mol. The van der Waals surface area contributed by atoms with E-state index in [2.05, 4.69) is 44.0 Å². The molecule has 0 radical (unpaired) electrons. The van der Waals surface area contributed by atoms with E-state index in [0.29, 0.717) is 24.5 Å². The smallest absolute Gasteiger partial charge is 0.129 e. The van der Waals surface area contributed by atoms with Gasteiger partial charge in [0.25, 0.3) is 0 Å². The summed E-state index contributed by atoms with van der Waals surface area (Å²) in [5.74, 6) is 0.511. The van der Waals surface area contributed by atoms with Crippen LogP contribution in [0.3, 0.4) is 0 Å². The fraction of sp³-hybridized carbons (Fsp3) is 0.647. The van der Waals surface area contributed by atoms with E-state index in [4.69, 9.17) is 0 Å². The lowest BCUT2D eigenvalue weighted by atomic mass is 10.0.